The normalized spacial score (nSPS) is 10.4. The van der Waals surface area contributed by atoms with Crippen molar-refractivity contribution in [2.24, 2.45) is 0 Å². The van der Waals surface area contributed by atoms with Gasteiger partial charge in [-0.3, -0.25) is 0 Å². The maximum absolute atomic E-state index is 5.71. The van der Waals surface area contributed by atoms with Gasteiger partial charge in [-0.2, -0.15) is 0 Å². The van der Waals surface area contributed by atoms with Gasteiger partial charge in [-0.25, -0.2) is 4.98 Å². The van der Waals surface area contributed by atoms with E-state index in [9.17, 15) is 0 Å². The molecule has 0 fully saturated rings. The lowest BCUT2D eigenvalue weighted by atomic mass is 10.2. The highest BCUT2D eigenvalue weighted by atomic mass is 32.1. The van der Waals surface area contributed by atoms with Crippen LogP contribution in [0.4, 0.5) is 5.82 Å². The maximum atomic E-state index is 5.71. The molecule has 0 saturated carbocycles. The molecule has 0 spiro atoms. The summed E-state index contributed by atoms with van der Waals surface area (Å²) in [5, 5.41) is 1.00. The first kappa shape index (κ1) is 9.21. The minimum absolute atomic E-state index is 0.644. The third kappa shape index (κ3) is 1.63. The van der Waals surface area contributed by atoms with Gasteiger partial charge in [0.1, 0.15) is 10.8 Å². The van der Waals surface area contributed by atoms with E-state index in [2.05, 4.69) is 36.2 Å². The Balaban J connectivity index is 2.44. The first-order valence-electron chi connectivity index (χ1n) is 4.47. The number of rotatable bonds is 1. The molecule has 2 nitrogen and oxygen atoms in total. The van der Waals surface area contributed by atoms with Crippen molar-refractivity contribution in [1.82, 2.24) is 4.98 Å². The van der Waals surface area contributed by atoms with E-state index in [0.717, 1.165) is 15.4 Å². The third-order valence-electron chi connectivity index (χ3n) is 2.13. The van der Waals surface area contributed by atoms with E-state index in [1.165, 1.54) is 5.56 Å². The first-order chi connectivity index (χ1) is 6.66. The quantitative estimate of drug-likeness (QED) is 0.775. The fourth-order valence-electron chi connectivity index (χ4n) is 1.23. The van der Waals surface area contributed by atoms with E-state index < -0.39 is 0 Å². The Morgan fingerprint density at radius 2 is 1.79 bits per heavy atom. The predicted octanol–water partition coefficient (Wildman–Crippen LogP) is 3.01. The smallest absolute Gasteiger partial charge is 0.138 e. The molecule has 0 unspecified atom stereocenters. The molecule has 0 bridgehead atoms. The van der Waals surface area contributed by atoms with Crippen LogP contribution in [0.15, 0.2) is 24.3 Å². The topological polar surface area (TPSA) is 38.9 Å². The second-order valence-corrected chi connectivity index (χ2v) is 4.53. The summed E-state index contributed by atoms with van der Waals surface area (Å²) in [6.45, 7) is 4.07. The standard InChI is InChI=1S/C11H12N2S/c1-7-3-5-9(6-4-7)11-13-10(12)8(2)14-11/h3-6H,12H2,1-2H3. The molecule has 0 radical (unpaired) electrons. The van der Waals surface area contributed by atoms with Crippen LogP contribution in [0.3, 0.4) is 0 Å². The molecule has 0 aliphatic carbocycles. The molecular formula is C11H12N2S. The number of aryl methyl sites for hydroxylation is 2. The summed E-state index contributed by atoms with van der Waals surface area (Å²) in [6.07, 6.45) is 0. The highest BCUT2D eigenvalue weighted by Crippen LogP contribution is 2.28. The van der Waals surface area contributed by atoms with Gasteiger partial charge in [0.25, 0.3) is 0 Å². The molecule has 14 heavy (non-hydrogen) atoms. The molecule has 2 N–H and O–H groups in total. The van der Waals surface area contributed by atoms with Crippen molar-refractivity contribution in [1.29, 1.82) is 0 Å². The zero-order valence-corrected chi connectivity index (χ0v) is 9.06. The number of nitrogens with zero attached hydrogens (tertiary/aromatic N) is 1. The third-order valence-corrected chi connectivity index (χ3v) is 3.17. The molecule has 2 aromatic rings. The van der Waals surface area contributed by atoms with Gasteiger partial charge in [0.05, 0.1) is 0 Å². The predicted molar refractivity (Wildman–Crippen MR) is 61.4 cm³/mol. The lowest BCUT2D eigenvalue weighted by molar-refractivity contribution is 1.38. The minimum atomic E-state index is 0.644. The molecule has 0 amide bonds. The Morgan fingerprint density at radius 1 is 1.14 bits per heavy atom. The summed E-state index contributed by atoms with van der Waals surface area (Å²) >= 11 is 1.64. The van der Waals surface area contributed by atoms with Crippen LogP contribution in [0.2, 0.25) is 0 Å². The molecule has 2 rings (SSSR count). The van der Waals surface area contributed by atoms with Gasteiger partial charge in [-0.15, -0.1) is 11.3 Å². The average Bonchev–Trinajstić information content (AvgIpc) is 2.48. The van der Waals surface area contributed by atoms with Crippen molar-refractivity contribution in [2.75, 3.05) is 5.73 Å². The fourth-order valence-corrected chi connectivity index (χ4v) is 2.07. The molecule has 3 heteroatoms. The Kier molecular flexibility index (Phi) is 2.25. The molecule has 1 aromatic heterocycles. The van der Waals surface area contributed by atoms with Crippen LogP contribution < -0.4 is 5.73 Å². The summed E-state index contributed by atoms with van der Waals surface area (Å²) in [5.74, 6) is 0.644. The van der Waals surface area contributed by atoms with E-state index in [1.807, 2.05) is 6.92 Å². The second kappa shape index (κ2) is 3.42. The number of nitrogen functional groups attached to an aromatic ring is 1. The molecule has 0 aliphatic heterocycles. The number of nitrogens with two attached hydrogens (primary N) is 1. The number of aromatic nitrogens is 1. The number of anilines is 1. The monoisotopic (exact) mass is 204 g/mol. The SMILES string of the molecule is Cc1ccc(-c2nc(N)c(C)s2)cc1. The molecule has 0 saturated heterocycles. The number of hydrogen-bond donors (Lipinski definition) is 1. The Labute approximate surface area is 87.4 Å². The lowest BCUT2D eigenvalue weighted by Gasteiger charge is -1.95. The van der Waals surface area contributed by atoms with Crippen LogP contribution in [0.1, 0.15) is 10.4 Å². The van der Waals surface area contributed by atoms with Crippen molar-refractivity contribution in [3.63, 3.8) is 0 Å². The van der Waals surface area contributed by atoms with Gasteiger partial charge < -0.3 is 5.73 Å². The average molecular weight is 204 g/mol. The van der Waals surface area contributed by atoms with E-state index in [-0.39, 0.29) is 0 Å². The maximum Gasteiger partial charge on any atom is 0.138 e. The van der Waals surface area contributed by atoms with Gasteiger partial charge >= 0.3 is 0 Å². The van der Waals surface area contributed by atoms with Crippen LogP contribution in [-0.4, -0.2) is 4.98 Å². The van der Waals surface area contributed by atoms with Gasteiger partial charge in [0.15, 0.2) is 0 Å². The van der Waals surface area contributed by atoms with Gasteiger partial charge in [-0.1, -0.05) is 29.8 Å². The van der Waals surface area contributed by atoms with E-state index >= 15 is 0 Å². The van der Waals surface area contributed by atoms with Gasteiger partial charge in [0, 0.05) is 10.4 Å². The molecular weight excluding hydrogens is 192 g/mol. The van der Waals surface area contributed by atoms with E-state index in [1.54, 1.807) is 11.3 Å². The van der Waals surface area contributed by atoms with Crippen LogP contribution in [0.5, 0.6) is 0 Å². The minimum Gasteiger partial charge on any atom is -0.383 e. The summed E-state index contributed by atoms with van der Waals surface area (Å²) in [5.41, 5.74) is 8.11. The van der Waals surface area contributed by atoms with Gasteiger partial charge in [-0.05, 0) is 13.8 Å². The molecule has 1 heterocycles. The molecule has 0 aliphatic rings. The summed E-state index contributed by atoms with van der Waals surface area (Å²) in [4.78, 5) is 5.39. The van der Waals surface area contributed by atoms with Crippen molar-refractivity contribution >= 4 is 17.2 Å². The summed E-state index contributed by atoms with van der Waals surface area (Å²) < 4.78 is 0. The van der Waals surface area contributed by atoms with Crippen LogP contribution in [0, 0.1) is 13.8 Å². The molecule has 0 atom stereocenters. The number of benzene rings is 1. The largest absolute Gasteiger partial charge is 0.383 e. The zero-order valence-electron chi connectivity index (χ0n) is 8.24. The second-order valence-electron chi connectivity index (χ2n) is 3.33. The lowest BCUT2D eigenvalue weighted by Crippen LogP contribution is -1.85. The zero-order chi connectivity index (χ0) is 10.1. The van der Waals surface area contributed by atoms with Crippen LogP contribution in [0.25, 0.3) is 10.6 Å². The van der Waals surface area contributed by atoms with E-state index in [4.69, 9.17) is 5.73 Å². The van der Waals surface area contributed by atoms with Crippen LogP contribution in [-0.2, 0) is 0 Å². The van der Waals surface area contributed by atoms with Crippen molar-refractivity contribution in [3.05, 3.63) is 34.7 Å². The van der Waals surface area contributed by atoms with Crippen molar-refractivity contribution in [2.45, 2.75) is 13.8 Å². The first-order valence-corrected chi connectivity index (χ1v) is 5.28. The Hall–Kier alpha value is -1.35. The Bertz CT molecular complexity index is 423. The Morgan fingerprint density at radius 3 is 2.29 bits per heavy atom. The molecule has 1 aromatic carbocycles. The number of hydrogen-bond acceptors (Lipinski definition) is 3. The summed E-state index contributed by atoms with van der Waals surface area (Å²) in [7, 11) is 0. The fraction of sp³-hybridized carbons (Fsp3) is 0.182. The highest BCUT2D eigenvalue weighted by Gasteiger charge is 2.05. The molecule has 72 valence electrons. The van der Waals surface area contributed by atoms with Crippen LogP contribution >= 0.6 is 11.3 Å². The highest BCUT2D eigenvalue weighted by molar-refractivity contribution is 7.15. The van der Waals surface area contributed by atoms with Gasteiger partial charge in [0.2, 0.25) is 0 Å². The van der Waals surface area contributed by atoms with E-state index in [0.29, 0.717) is 5.82 Å². The number of thiazole rings is 1. The van der Waals surface area contributed by atoms with Crippen molar-refractivity contribution < 1.29 is 0 Å². The summed E-state index contributed by atoms with van der Waals surface area (Å²) in [6, 6.07) is 8.32. The van der Waals surface area contributed by atoms with Crippen molar-refractivity contribution in [3.8, 4) is 10.6 Å².